The maximum absolute atomic E-state index is 12.5. The van der Waals surface area contributed by atoms with Crippen molar-refractivity contribution in [3.05, 3.63) is 44.8 Å². The molecule has 1 heterocycles. The number of aryl methyl sites for hydroxylation is 1. The molecule has 0 aliphatic heterocycles. The summed E-state index contributed by atoms with van der Waals surface area (Å²) in [6.07, 6.45) is 3.65. The van der Waals surface area contributed by atoms with Crippen molar-refractivity contribution < 1.29 is 14.3 Å². The standard InChI is InChI=1S/C24H31ClN2O3S/c1-14-12-16(25)8-10-18(14)30-11-5-6-20(28)27-23-21(22(26)29)17-9-7-15(24(2,3)4)13-19(17)31-23/h8,10,12,15H,5-7,9,11,13H2,1-4H3,(H2,26,29)(H,27,28)/t15-/m0/s1. The third-order valence-corrected chi connectivity index (χ3v) is 7.34. The van der Waals surface area contributed by atoms with Crippen LogP contribution in [0.4, 0.5) is 5.00 Å². The summed E-state index contributed by atoms with van der Waals surface area (Å²) in [7, 11) is 0. The predicted octanol–water partition coefficient (Wildman–Crippen LogP) is 5.76. The Kier molecular flexibility index (Phi) is 7.32. The third kappa shape index (κ3) is 5.80. The maximum atomic E-state index is 12.5. The molecule has 31 heavy (non-hydrogen) atoms. The number of thiophene rings is 1. The molecule has 0 fully saturated rings. The molecule has 2 amide bonds. The number of hydrogen-bond donors (Lipinski definition) is 2. The normalized spacial score (nSPS) is 16.0. The monoisotopic (exact) mass is 462 g/mol. The number of benzene rings is 1. The van der Waals surface area contributed by atoms with Gasteiger partial charge in [0.2, 0.25) is 5.91 Å². The van der Waals surface area contributed by atoms with Gasteiger partial charge in [-0.1, -0.05) is 32.4 Å². The fraction of sp³-hybridized carbons (Fsp3) is 0.500. The van der Waals surface area contributed by atoms with Crippen LogP contribution in [0.15, 0.2) is 18.2 Å². The van der Waals surface area contributed by atoms with Crippen LogP contribution in [0.25, 0.3) is 0 Å². The van der Waals surface area contributed by atoms with E-state index in [0.29, 0.717) is 41.0 Å². The van der Waals surface area contributed by atoms with Gasteiger partial charge in [0.1, 0.15) is 10.8 Å². The quantitative estimate of drug-likeness (QED) is 0.513. The molecule has 1 aliphatic rings. The molecule has 1 aromatic carbocycles. The lowest BCUT2D eigenvalue weighted by Gasteiger charge is -2.33. The number of ether oxygens (including phenoxy) is 1. The van der Waals surface area contributed by atoms with Gasteiger partial charge in [-0.15, -0.1) is 11.3 Å². The number of hydrogen-bond acceptors (Lipinski definition) is 4. The zero-order valence-electron chi connectivity index (χ0n) is 18.6. The first-order valence-electron chi connectivity index (χ1n) is 10.7. The van der Waals surface area contributed by atoms with Crippen LogP contribution in [0.5, 0.6) is 5.75 Å². The van der Waals surface area contributed by atoms with Crippen molar-refractivity contribution >= 4 is 39.8 Å². The molecule has 1 aliphatic carbocycles. The molecule has 0 radical (unpaired) electrons. The summed E-state index contributed by atoms with van der Waals surface area (Å²) < 4.78 is 5.75. The molecule has 0 saturated heterocycles. The van der Waals surface area contributed by atoms with Gasteiger partial charge >= 0.3 is 0 Å². The van der Waals surface area contributed by atoms with Gasteiger partial charge < -0.3 is 15.8 Å². The van der Waals surface area contributed by atoms with Crippen molar-refractivity contribution in [2.45, 2.75) is 59.8 Å². The largest absolute Gasteiger partial charge is 0.493 e. The molecular weight excluding hydrogens is 432 g/mol. The summed E-state index contributed by atoms with van der Waals surface area (Å²) in [6.45, 7) is 9.11. The lowest BCUT2D eigenvalue weighted by atomic mass is 9.72. The number of carbonyl (C=O) groups is 2. The van der Waals surface area contributed by atoms with Crippen LogP contribution in [-0.4, -0.2) is 18.4 Å². The molecule has 3 rings (SSSR count). The minimum absolute atomic E-state index is 0.134. The van der Waals surface area contributed by atoms with Crippen LogP contribution in [0.1, 0.15) is 66.4 Å². The van der Waals surface area contributed by atoms with E-state index < -0.39 is 5.91 Å². The first-order valence-corrected chi connectivity index (χ1v) is 11.9. The molecule has 1 aromatic heterocycles. The Labute approximate surface area is 193 Å². The second-order valence-corrected chi connectivity index (χ2v) is 10.8. The van der Waals surface area contributed by atoms with Crippen LogP contribution >= 0.6 is 22.9 Å². The summed E-state index contributed by atoms with van der Waals surface area (Å²) in [5, 5.41) is 4.18. The highest BCUT2D eigenvalue weighted by Crippen LogP contribution is 2.44. The Bertz CT molecular complexity index is 978. The van der Waals surface area contributed by atoms with Gasteiger partial charge in [0.25, 0.3) is 5.91 Å². The van der Waals surface area contributed by atoms with Gasteiger partial charge in [0.15, 0.2) is 0 Å². The van der Waals surface area contributed by atoms with Crippen LogP contribution in [0.3, 0.4) is 0 Å². The van der Waals surface area contributed by atoms with Crippen LogP contribution in [0, 0.1) is 18.3 Å². The number of amides is 2. The molecular formula is C24H31ClN2O3S. The summed E-state index contributed by atoms with van der Waals surface area (Å²) in [4.78, 5) is 25.8. The van der Waals surface area contributed by atoms with Gasteiger partial charge in [-0.2, -0.15) is 0 Å². The highest BCUT2D eigenvalue weighted by atomic mass is 35.5. The first kappa shape index (κ1) is 23.6. The van der Waals surface area contributed by atoms with Gasteiger partial charge in [-0.05, 0) is 73.3 Å². The SMILES string of the molecule is Cc1cc(Cl)ccc1OCCCC(=O)Nc1sc2c(c1C(N)=O)CC[C@H](C(C)(C)C)C2. The van der Waals surface area contributed by atoms with Crippen LogP contribution in [0.2, 0.25) is 5.02 Å². The van der Waals surface area contributed by atoms with E-state index >= 15 is 0 Å². The lowest BCUT2D eigenvalue weighted by molar-refractivity contribution is -0.116. The fourth-order valence-corrected chi connectivity index (χ4v) is 5.63. The molecule has 0 unspecified atom stereocenters. The molecule has 168 valence electrons. The van der Waals surface area contributed by atoms with E-state index in [1.807, 2.05) is 19.1 Å². The van der Waals surface area contributed by atoms with Crippen molar-refractivity contribution in [3.63, 3.8) is 0 Å². The Morgan fingerprint density at radius 1 is 1.32 bits per heavy atom. The number of halogens is 1. The van der Waals surface area contributed by atoms with E-state index in [-0.39, 0.29) is 11.3 Å². The fourth-order valence-electron chi connectivity index (χ4n) is 4.05. The highest BCUT2D eigenvalue weighted by molar-refractivity contribution is 7.17. The molecule has 5 nitrogen and oxygen atoms in total. The van der Waals surface area contributed by atoms with Crippen LogP contribution in [-0.2, 0) is 17.6 Å². The minimum atomic E-state index is -0.469. The molecule has 3 N–H and O–H groups in total. The number of nitrogens with one attached hydrogen (secondary N) is 1. The first-order chi connectivity index (χ1) is 14.6. The van der Waals surface area contributed by atoms with Gasteiger partial charge in [-0.25, -0.2) is 0 Å². The van der Waals surface area contributed by atoms with Crippen molar-refractivity contribution in [2.24, 2.45) is 17.1 Å². The van der Waals surface area contributed by atoms with E-state index in [2.05, 4.69) is 26.1 Å². The average molecular weight is 463 g/mol. The van der Waals surface area contributed by atoms with Crippen molar-refractivity contribution in [2.75, 3.05) is 11.9 Å². The van der Waals surface area contributed by atoms with Crippen molar-refractivity contribution in [1.29, 1.82) is 0 Å². The zero-order valence-corrected chi connectivity index (χ0v) is 20.2. The van der Waals surface area contributed by atoms with Gasteiger partial charge in [0.05, 0.1) is 12.2 Å². The molecule has 2 aromatic rings. The topological polar surface area (TPSA) is 81.4 Å². The summed E-state index contributed by atoms with van der Waals surface area (Å²) in [5.41, 5.74) is 8.36. The number of primary amides is 1. The van der Waals surface area contributed by atoms with Gasteiger partial charge in [0, 0.05) is 16.3 Å². The summed E-state index contributed by atoms with van der Waals surface area (Å²) >= 11 is 7.46. The van der Waals surface area contributed by atoms with E-state index in [4.69, 9.17) is 22.1 Å². The molecule has 0 spiro atoms. The number of nitrogens with two attached hydrogens (primary N) is 1. The number of fused-ring (bicyclic) bond motifs is 1. The van der Waals surface area contributed by atoms with Crippen LogP contribution < -0.4 is 15.8 Å². The number of carbonyl (C=O) groups excluding carboxylic acids is 2. The molecule has 1 atom stereocenters. The zero-order chi connectivity index (χ0) is 22.8. The number of anilines is 1. The molecule has 0 saturated carbocycles. The van der Waals surface area contributed by atoms with E-state index in [9.17, 15) is 9.59 Å². The Balaban J connectivity index is 1.59. The Morgan fingerprint density at radius 3 is 2.71 bits per heavy atom. The average Bonchev–Trinajstić information content (AvgIpc) is 3.03. The second-order valence-electron chi connectivity index (χ2n) is 9.29. The van der Waals surface area contributed by atoms with E-state index in [1.165, 1.54) is 16.2 Å². The van der Waals surface area contributed by atoms with E-state index in [0.717, 1.165) is 36.1 Å². The maximum Gasteiger partial charge on any atom is 0.251 e. The summed E-state index contributed by atoms with van der Waals surface area (Å²) in [6, 6.07) is 5.46. The Hall–Kier alpha value is -2.05. The van der Waals surface area contributed by atoms with Crippen molar-refractivity contribution in [1.82, 2.24) is 0 Å². The second kappa shape index (κ2) is 9.61. The Morgan fingerprint density at radius 2 is 2.06 bits per heavy atom. The third-order valence-electron chi connectivity index (χ3n) is 5.93. The number of rotatable bonds is 7. The highest BCUT2D eigenvalue weighted by Gasteiger charge is 2.33. The summed E-state index contributed by atoms with van der Waals surface area (Å²) in [5.74, 6) is 0.713. The molecule has 7 heteroatoms. The smallest absolute Gasteiger partial charge is 0.251 e. The predicted molar refractivity (Wildman–Crippen MR) is 127 cm³/mol. The molecule has 0 bridgehead atoms. The van der Waals surface area contributed by atoms with Crippen molar-refractivity contribution in [3.8, 4) is 5.75 Å². The van der Waals surface area contributed by atoms with Gasteiger partial charge in [-0.3, -0.25) is 9.59 Å². The minimum Gasteiger partial charge on any atom is -0.493 e. The van der Waals surface area contributed by atoms with E-state index in [1.54, 1.807) is 6.07 Å². The lowest BCUT2D eigenvalue weighted by Crippen LogP contribution is -2.27.